The summed E-state index contributed by atoms with van der Waals surface area (Å²) in [4.78, 5) is 21.7. The third-order valence-electron chi connectivity index (χ3n) is 1.20. The first kappa shape index (κ1) is 12.2. The van der Waals surface area contributed by atoms with Crippen molar-refractivity contribution < 1.29 is 19.1 Å². The Morgan fingerprint density at radius 2 is 1.86 bits per heavy atom. The van der Waals surface area contributed by atoms with Crippen LogP contribution in [0.2, 0.25) is 0 Å². The van der Waals surface area contributed by atoms with Gasteiger partial charge in [0.2, 0.25) is 0 Å². The first-order valence-electron chi connectivity index (χ1n) is 4.10. The van der Waals surface area contributed by atoms with Crippen molar-refractivity contribution in [2.24, 2.45) is 0 Å². The number of terminal acetylenes is 1. The van der Waals surface area contributed by atoms with Crippen LogP contribution in [0.4, 0.5) is 0 Å². The van der Waals surface area contributed by atoms with E-state index in [1.165, 1.54) is 0 Å². The van der Waals surface area contributed by atoms with Crippen LogP contribution < -0.4 is 0 Å². The summed E-state index contributed by atoms with van der Waals surface area (Å²) >= 11 is 0. The molecular formula is C10H12O4. The van der Waals surface area contributed by atoms with Crippen molar-refractivity contribution in [1.29, 1.82) is 0 Å². The van der Waals surface area contributed by atoms with Crippen molar-refractivity contribution >= 4 is 11.9 Å². The fourth-order valence-electron chi connectivity index (χ4n) is 0.555. The number of hydrogen-bond acceptors (Lipinski definition) is 4. The Balaban J connectivity index is 3.61. The molecule has 0 N–H and O–H groups in total. The lowest BCUT2D eigenvalue weighted by Gasteiger charge is -2.02. The zero-order chi connectivity index (χ0) is 10.8. The van der Waals surface area contributed by atoms with Crippen LogP contribution in [0.3, 0.4) is 0 Å². The molecule has 0 aromatic rings. The predicted molar refractivity (Wildman–Crippen MR) is 50.2 cm³/mol. The Hall–Kier alpha value is -1.76. The van der Waals surface area contributed by atoms with Crippen LogP contribution in [-0.2, 0) is 19.1 Å². The molecule has 0 aliphatic rings. The van der Waals surface area contributed by atoms with Gasteiger partial charge in [0.15, 0.2) is 0 Å². The molecule has 0 aliphatic heterocycles. The molecule has 0 amide bonds. The van der Waals surface area contributed by atoms with Crippen LogP contribution in [0.1, 0.15) is 12.8 Å². The molecule has 0 spiro atoms. The maximum Gasteiger partial charge on any atom is 0.417 e. The molecule has 0 aliphatic carbocycles. The summed E-state index contributed by atoms with van der Waals surface area (Å²) in [5.41, 5.74) is 0. The minimum atomic E-state index is -1.01. The second-order valence-electron chi connectivity index (χ2n) is 2.30. The number of rotatable bonds is 5. The Kier molecular flexibility index (Phi) is 6.88. The highest BCUT2D eigenvalue weighted by atomic mass is 16.6. The quantitative estimate of drug-likeness (QED) is 0.213. The lowest BCUT2D eigenvalue weighted by atomic mass is 10.4. The molecule has 4 nitrogen and oxygen atoms in total. The van der Waals surface area contributed by atoms with E-state index in [2.05, 4.69) is 22.0 Å². The molecule has 0 radical (unpaired) electrons. The second kappa shape index (κ2) is 7.87. The highest BCUT2D eigenvalue weighted by Crippen LogP contribution is 1.89. The average Bonchev–Trinajstić information content (AvgIpc) is 2.18. The van der Waals surface area contributed by atoms with Crippen molar-refractivity contribution in [1.82, 2.24) is 0 Å². The Bertz CT molecular complexity index is 249. The van der Waals surface area contributed by atoms with Gasteiger partial charge in [-0.1, -0.05) is 6.08 Å². The molecule has 0 saturated heterocycles. The molecule has 76 valence electrons. The fraction of sp³-hybridized carbons (Fsp3) is 0.400. The van der Waals surface area contributed by atoms with Crippen molar-refractivity contribution in [3.05, 3.63) is 12.7 Å². The molecule has 0 bridgehead atoms. The molecule has 0 saturated carbocycles. The van der Waals surface area contributed by atoms with Crippen molar-refractivity contribution in [3.8, 4) is 12.3 Å². The van der Waals surface area contributed by atoms with Crippen LogP contribution in [-0.4, -0.2) is 25.2 Å². The van der Waals surface area contributed by atoms with E-state index in [0.717, 1.165) is 0 Å². The molecule has 0 unspecified atom stereocenters. The molecule has 0 aromatic carbocycles. The van der Waals surface area contributed by atoms with E-state index in [9.17, 15) is 9.59 Å². The normalized spacial score (nSPS) is 8.50. The SMILES string of the molecule is C#CCCOC(=O)C(=O)OCCC=C. The van der Waals surface area contributed by atoms with Gasteiger partial charge in [0, 0.05) is 6.42 Å². The minimum Gasteiger partial charge on any atom is -0.457 e. The molecule has 0 aromatic heterocycles. The Morgan fingerprint density at radius 1 is 1.29 bits per heavy atom. The van der Waals surface area contributed by atoms with Gasteiger partial charge in [0.05, 0.1) is 6.61 Å². The van der Waals surface area contributed by atoms with Crippen LogP contribution in [0.15, 0.2) is 12.7 Å². The molecule has 14 heavy (non-hydrogen) atoms. The lowest BCUT2D eigenvalue weighted by Crippen LogP contribution is -2.21. The van der Waals surface area contributed by atoms with Gasteiger partial charge in [0.1, 0.15) is 6.61 Å². The third-order valence-corrected chi connectivity index (χ3v) is 1.20. The van der Waals surface area contributed by atoms with Crippen LogP contribution in [0.5, 0.6) is 0 Å². The van der Waals surface area contributed by atoms with Gasteiger partial charge in [-0.25, -0.2) is 9.59 Å². The number of hydrogen-bond donors (Lipinski definition) is 0. The van der Waals surface area contributed by atoms with Crippen molar-refractivity contribution in [2.45, 2.75) is 12.8 Å². The van der Waals surface area contributed by atoms with Crippen molar-refractivity contribution in [2.75, 3.05) is 13.2 Å². The highest BCUT2D eigenvalue weighted by Gasteiger charge is 2.15. The van der Waals surface area contributed by atoms with E-state index in [-0.39, 0.29) is 19.6 Å². The van der Waals surface area contributed by atoms with E-state index in [4.69, 9.17) is 6.42 Å². The van der Waals surface area contributed by atoms with Gasteiger partial charge in [-0.15, -0.1) is 18.9 Å². The molecule has 4 heteroatoms. The van der Waals surface area contributed by atoms with Crippen LogP contribution in [0.25, 0.3) is 0 Å². The number of esters is 2. The zero-order valence-corrected chi connectivity index (χ0v) is 7.82. The summed E-state index contributed by atoms with van der Waals surface area (Å²) in [5.74, 6) is 0.265. The highest BCUT2D eigenvalue weighted by molar-refractivity contribution is 6.29. The smallest absolute Gasteiger partial charge is 0.417 e. The fourth-order valence-corrected chi connectivity index (χ4v) is 0.555. The Labute approximate surface area is 82.9 Å². The molecule has 0 heterocycles. The van der Waals surface area contributed by atoms with Crippen LogP contribution in [0, 0.1) is 12.3 Å². The van der Waals surface area contributed by atoms with Gasteiger partial charge in [-0.2, -0.15) is 0 Å². The monoisotopic (exact) mass is 196 g/mol. The van der Waals surface area contributed by atoms with E-state index in [1.54, 1.807) is 6.08 Å². The largest absolute Gasteiger partial charge is 0.457 e. The van der Waals surface area contributed by atoms with Gasteiger partial charge in [-0.3, -0.25) is 0 Å². The summed E-state index contributed by atoms with van der Waals surface area (Å²) in [7, 11) is 0. The third kappa shape index (κ3) is 5.84. The van der Waals surface area contributed by atoms with E-state index < -0.39 is 11.9 Å². The summed E-state index contributed by atoms with van der Waals surface area (Å²) in [6.45, 7) is 3.60. The molecular weight excluding hydrogens is 184 g/mol. The first-order chi connectivity index (χ1) is 6.72. The number of ether oxygens (including phenoxy) is 2. The van der Waals surface area contributed by atoms with Gasteiger partial charge in [-0.05, 0) is 6.42 Å². The predicted octanol–water partition coefficient (Wildman–Crippen LogP) is 0.672. The van der Waals surface area contributed by atoms with Gasteiger partial charge in [0.25, 0.3) is 0 Å². The maximum atomic E-state index is 10.8. The summed E-state index contributed by atoms with van der Waals surface area (Å²) in [6, 6.07) is 0. The molecule has 0 atom stereocenters. The summed E-state index contributed by atoms with van der Waals surface area (Å²) < 4.78 is 9.03. The molecule has 0 fully saturated rings. The summed E-state index contributed by atoms with van der Waals surface area (Å²) in [5, 5.41) is 0. The first-order valence-corrected chi connectivity index (χ1v) is 4.10. The van der Waals surface area contributed by atoms with E-state index in [0.29, 0.717) is 6.42 Å². The number of carbonyl (C=O) groups excluding carboxylic acids is 2. The van der Waals surface area contributed by atoms with E-state index in [1.807, 2.05) is 0 Å². The molecule has 0 rings (SSSR count). The average molecular weight is 196 g/mol. The minimum absolute atomic E-state index is 0.0336. The zero-order valence-electron chi connectivity index (χ0n) is 7.82. The maximum absolute atomic E-state index is 10.8. The lowest BCUT2D eigenvalue weighted by molar-refractivity contribution is -0.167. The topological polar surface area (TPSA) is 52.6 Å². The van der Waals surface area contributed by atoms with Crippen LogP contribution >= 0.6 is 0 Å². The van der Waals surface area contributed by atoms with E-state index >= 15 is 0 Å². The van der Waals surface area contributed by atoms with Crippen molar-refractivity contribution in [3.63, 3.8) is 0 Å². The van der Waals surface area contributed by atoms with Gasteiger partial charge < -0.3 is 9.47 Å². The second-order valence-corrected chi connectivity index (χ2v) is 2.30. The Morgan fingerprint density at radius 3 is 2.36 bits per heavy atom. The standard InChI is InChI=1S/C10H12O4/c1-3-5-7-13-9(11)10(12)14-8-6-4-2/h1,4H,2,5-8H2. The number of carbonyl (C=O) groups is 2. The van der Waals surface area contributed by atoms with Gasteiger partial charge >= 0.3 is 11.9 Å². The summed E-state index contributed by atoms with van der Waals surface area (Å²) in [6.07, 6.45) is 7.29.